The molecule has 8 heteroatoms. The number of hydrogen-bond acceptors (Lipinski definition) is 4. The molecule has 7 nitrogen and oxygen atoms in total. The van der Waals surface area contributed by atoms with Crippen molar-refractivity contribution in [3.63, 3.8) is 0 Å². The average Bonchev–Trinajstić information content (AvgIpc) is 2.68. The van der Waals surface area contributed by atoms with Crippen LogP contribution in [0.1, 0.15) is 63.4 Å². The van der Waals surface area contributed by atoms with Crippen molar-refractivity contribution < 1.29 is 18.0 Å². The van der Waals surface area contributed by atoms with Crippen molar-refractivity contribution in [1.82, 2.24) is 14.5 Å². The van der Waals surface area contributed by atoms with Gasteiger partial charge in [0.15, 0.2) is 0 Å². The fourth-order valence-electron chi connectivity index (χ4n) is 3.68. The van der Waals surface area contributed by atoms with E-state index in [4.69, 9.17) is 0 Å². The molecule has 1 aliphatic heterocycles. The summed E-state index contributed by atoms with van der Waals surface area (Å²) in [5.41, 5.74) is 0.687. The Bertz CT molecular complexity index is 878. The van der Waals surface area contributed by atoms with Crippen LogP contribution < -0.4 is 5.32 Å². The van der Waals surface area contributed by atoms with Gasteiger partial charge in [-0.25, -0.2) is 8.42 Å². The summed E-state index contributed by atoms with van der Waals surface area (Å²) in [4.78, 5) is 27.3. The van der Waals surface area contributed by atoms with Gasteiger partial charge in [-0.2, -0.15) is 4.31 Å². The molecule has 168 valence electrons. The van der Waals surface area contributed by atoms with Crippen LogP contribution in [0.5, 0.6) is 0 Å². The lowest BCUT2D eigenvalue weighted by Crippen LogP contribution is -2.49. The Hall–Kier alpha value is -1.93. The maximum absolute atomic E-state index is 12.9. The summed E-state index contributed by atoms with van der Waals surface area (Å²) >= 11 is 0. The van der Waals surface area contributed by atoms with Gasteiger partial charge < -0.3 is 10.2 Å². The summed E-state index contributed by atoms with van der Waals surface area (Å²) in [5, 5.41) is 3.02. The normalized spacial score (nSPS) is 16.0. The fraction of sp³-hybridized carbons (Fsp3) is 0.636. The van der Waals surface area contributed by atoms with Crippen LogP contribution in [0.25, 0.3) is 0 Å². The van der Waals surface area contributed by atoms with E-state index in [1.165, 1.54) is 10.4 Å². The van der Waals surface area contributed by atoms with Gasteiger partial charge in [0.2, 0.25) is 15.9 Å². The number of carbonyl (C=O) groups excluding carboxylic acids is 2. The van der Waals surface area contributed by atoms with Gasteiger partial charge in [-0.15, -0.1) is 0 Å². The fourth-order valence-corrected chi connectivity index (χ4v) is 5.17. The molecule has 0 aromatic heterocycles. The molecule has 0 radical (unpaired) electrons. The molecule has 0 bridgehead atoms. The predicted molar refractivity (Wildman–Crippen MR) is 118 cm³/mol. The Morgan fingerprint density at radius 3 is 2.20 bits per heavy atom. The molecule has 30 heavy (non-hydrogen) atoms. The number of benzene rings is 1. The van der Waals surface area contributed by atoms with Gasteiger partial charge >= 0.3 is 0 Å². The Balaban J connectivity index is 2.11. The molecule has 0 unspecified atom stereocenters. The first-order chi connectivity index (χ1) is 13.9. The number of amides is 2. The highest BCUT2D eigenvalue weighted by molar-refractivity contribution is 7.89. The molecular weight excluding hydrogens is 402 g/mol. The summed E-state index contributed by atoms with van der Waals surface area (Å²) in [5.74, 6) is -0.151. The number of likely N-dealkylation sites (tertiary alicyclic amines) is 1. The van der Waals surface area contributed by atoms with E-state index in [1.807, 2.05) is 25.7 Å². The van der Waals surface area contributed by atoms with E-state index in [1.54, 1.807) is 32.9 Å². The van der Waals surface area contributed by atoms with Crippen molar-refractivity contribution in [2.45, 2.75) is 65.3 Å². The van der Waals surface area contributed by atoms with Crippen LogP contribution in [0.3, 0.4) is 0 Å². The first-order valence-corrected chi connectivity index (χ1v) is 12.1. The van der Waals surface area contributed by atoms with Crippen LogP contribution >= 0.6 is 0 Å². The van der Waals surface area contributed by atoms with E-state index < -0.39 is 15.4 Å². The summed E-state index contributed by atoms with van der Waals surface area (Å²) in [6.45, 7) is 13.1. The highest BCUT2D eigenvalue weighted by Gasteiger charge is 2.31. The molecule has 1 aromatic carbocycles. The number of nitrogens with zero attached hydrogens (tertiary/aromatic N) is 2. The second-order valence-corrected chi connectivity index (χ2v) is 10.8. The quantitative estimate of drug-likeness (QED) is 0.741. The van der Waals surface area contributed by atoms with Crippen LogP contribution in [0.2, 0.25) is 0 Å². The zero-order chi connectivity index (χ0) is 22.7. The van der Waals surface area contributed by atoms with E-state index in [9.17, 15) is 18.0 Å². The van der Waals surface area contributed by atoms with Crippen LogP contribution in [-0.4, -0.2) is 61.7 Å². The van der Waals surface area contributed by atoms with Gasteiger partial charge in [0.25, 0.3) is 5.91 Å². The van der Waals surface area contributed by atoms with Gasteiger partial charge in [0.1, 0.15) is 0 Å². The third-order valence-electron chi connectivity index (χ3n) is 5.56. The smallest absolute Gasteiger partial charge is 0.251 e. The highest BCUT2D eigenvalue weighted by atomic mass is 32.2. The molecule has 0 atom stereocenters. The lowest BCUT2D eigenvalue weighted by Gasteiger charge is -2.36. The van der Waals surface area contributed by atoms with Gasteiger partial charge in [-0.1, -0.05) is 40.7 Å². The lowest BCUT2D eigenvalue weighted by atomic mass is 9.93. The molecule has 1 N–H and O–H groups in total. The maximum atomic E-state index is 12.9. The number of hydrogen-bond donors (Lipinski definition) is 1. The molecule has 0 aliphatic carbocycles. The molecule has 1 aromatic rings. The molecule has 1 aliphatic rings. The maximum Gasteiger partial charge on any atom is 0.251 e. The van der Waals surface area contributed by atoms with Crippen LogP contribution in [0.4, 0.5) is 0 Å². The molecule has 1 fully saturated rings. The minimum atomic E-state index is -3.63. The summed E-state index contributed by atoms with van der Waals surface area (Å²) in [6.07, 6.45) is 1.37. The van der Waals surface area contributed by atoms with Crippen LogP contribution in [0, 0.1) is 12.3 Å². The number of aryl methyl sites for hydroxylation is 1. The molecule has 0 spiro atoms. The Kier molecular flexibility index (Phi) is 7.69. The molecule has 0 saturated carbocycles. The zero-order valence-corrected chi connectivity index (χ0v) is 19.8. The van der Waals surface area contributed by atoms with Gasteiger partial charge in [-0.05, 0) is 37.5 Å². The summed E-state index contributed by atoms with van der Waals surface area (Å²) < 4.78 is 27.0. The van der Waals surface area contributed by atoms with E-state index in [0.29, 0.717) is 44.6 Å². The second kappa shape index (κ2) is 9.47. The summed E-state index contributed by atoms with van der Waals surface area (Å²) in [6, 6.07) is 4.66. The van der Waals surface area contributed by atoms with Crippen LogP contribution in [0.15, 0.2) is 23.1 Å². The van der Waals surface area contributed by atoms with E-state index in [2.05, 4.69) is 5.32 Å². The van der Waals surface area contributed by atoms with E-state index in [0.717, 1.165) is 5.56 Å². The number of nitrogens with one attached hydrogen (secondary N) is 1. The average molecular weight is 438 g/mol. The van der Waals surface area contributed by atoms with Gasteiger partial charge in [0, 0.05) is 43.2 Å². The van der Waals surface area contributed by atoms with Gasteiger partial charge in [0.05, 0.1) is 4.90 Å². The van der Waals surface area contributed by atoms with Crippen molar-refractivity contribution in [2.75, 3.05) is 26.2 Å². The molecule has 2 rings (SSSR count). The number of carbonyl (C=O) groups is 2. The van der Waals surface area contributed by atoms with E-state index in [-0.39, 0.29) is 22.8 Å². The van der Waals surface area contributed by atoms with Crippen LogP contribution in [-0.2, 0) is 14.8 Å². The predicted octanol–water partition coefficient (Wildman–Crippen LogP) is 2.79. The van der Waals surface area contributed by atoms with Crippen molar-refractivity contribution in [3.05, 3.63) is 29.3 Å². The topological polar surface area (TPSA) is 86.8 Å². The Morgan fingerprint density at radius 2 is 1.70 bits per heavy atom. The zero-order valence-electron chi connectivity index (χ0n) is 19.0. The highest BCUT2D eigenvalue weighted by Crippen LogP contribution is 2.22. The molecule has 1 saturated heterocycles. The Labute approximate surface area is 180 Å². The van der Waals surface area contributed by atoms with Crippen molar-refractivity contribution >= 4 is 21.8 Å². The first-order valence-electron chi connectivity index (χ1n) is 10.6. The monoisotopic (exact) mass is 437 g/mol. The second-order valence-electron chi connectivity index (χ2n) is 8.86. The number of rotatable bonds is 6. The molecule has 1 heterocycles. The third-order valence-corrected chi connectivity index (χ3v) is 7.60. The van der Waals surface area contributed by atoms with Gasteiger partial charge in [-0.3, -0.25) is 9.59 Å². The minimum absolute atomic E-state index is 0.0380. The van der Waals surface area contributed by atoms with E-state index >= 15 is 0 Å². The third kappa shape index (κ3) is 5.40. The number of sulfonamides is 1. The van der Waals surface area contributed by atoms with Crippen molar-refractivity contribution in [2.24, 2.45) is 5.41 Å². The molecule has 2 amide bonds. The summed E-state index contributed by atoms with van der Waals surface area (Å²) in [7, 11) is -3.63. The first kappa shape index (κ1) is 24.3. The largest absolute Gasteiger partial charge is 0.349 e. The minimum Gasteiger partial charge on any atom is -0.349 e. The Morgan fingerprint density at radius 1 is 1.13 bits per heavy atom. The lowest BCUT2D eigenvalue weighted by molar-refractivity contribution is -0.140. The SMILES string of the molecule is CCN(CC)S(=O)(=O)c1ccc(C)c(C(=O)NC2CCN(C(=O)C(C)(C)C)CC2)c1. The van der Waals surface area contributed by atoms with Crippen molar-refractivity contribution in [3.8, 4) is 0 Å². The standard InChI is InChI=1S/C22H35N3O4S/c1-7-25(8-2)30(28,29)18-10-9-16(3)19(15-18)20(26)23-17-11-13-24(14-12-17)21(27)22(4,5)6/h9-10,15,17H,7-8,11-14H2,1-6H3,(H,23,26). The van der Waals surface area contributed by atoms with Crippen molar-refractivity contribution in [1.29, 1.82) is 0 Å². The number of piperidine rings is 1. The molecular formula is C22H35N3O4S.